The van der Waals surface area contributed by atoms with E-state index in [2.05, 4.69) is 0 Å². The lowest BCUT2D eigenvalue weighted by atomic mass is 9.99. The van der Waals surface area contributed by atoms with Crippen LogP contribution < -0.4 is 5.73 Å². The second-order valence-corrected chi connectivity index (χ2v) is 7.06. The number of hydrogen-bond donors (Lipinski definition) is 1. The normalized spacial score (nSPS) is 24.5. The summed E-state index contributed by atoms with van der Waals surface area (Å²) in [6.45, 7) is 6.00. The molecule has 3 rings (SSSR count). The average molecular weight is 333 g/mol. The van der Waals surface area contributed by atoms with E-state index in [-0.39, 0.29) is 17.9 Å². The van der Waals surface area contributed by atoms with Gasteiger partial charge in [-0.05, 0) is 38.7 Å². The van der Waals surface area contributed by atoms with Crippen molar-refractivity contribution in [3.05, 3.63) is 23.2 Å². The van der Waals surface area contributed by atoms with Crippen molar-refractivity contribution in [2.75, 3.05) is 26.2 Å². The molecule has 6 nitrogen and oxygen atoms in total. The van der Waals surface area contributed by atoms with Crippen LogP contribution in [0.4, 0.5) is 0 Å². The van der Waals surface area contributed by atoms with Gasteiger partial charge in [0.1, 0.15) is 11.5 Å². The molecule has 2 atom stereocenters. The van der Waals surface area contributed by atoms with Gasteiger partial charge in [0.15, 0.2) is 0 Å². The van der Waals surface area contributed by atoms with Crippen molar-refractivity contribution in [3.8, 4) is 0 Å². The van der Waals surface area contributed by atoms with E-state index in [0.717, 1.165) is 25.0 Å². The molecule has 0 radical (unpaired) electrons. The largest absolute Gasteiger partial charge is 0.466 e. The summed E-state index contributed by atoms with van der Waals surface area (Å²) in [5, 5.41) is 0. The topological polar surface area (TPSA) is 79.8 Å². The first-order chi connectivity index (χ1) is 11.5. The number of nitrogens with two attached hydrogens (primary N) is 1. The van der Waals surface area contributed by atoms with Gasteiger partial charge in [0.2, 0.25) is 5.91 Å². The second kappa shape index (κ2) is 6.97. The highest BCUT2D eigenvalue weighted by Crippen LogP contribution is 2.27. The van der Waals surface area contributed by atoms with Gasteiger partial charge in [-0.15, -0.1) is 0 Å². The molecule has 0 unspecified atom stereocenters. The Bertz CT molecular complexity index is 617. The summed E-state index contributed by atoms with van der Waals surface area (Å²) in [6, 6.07) is 1.96. The van der Waals surface area contributed by atoms with Crippen molar-refractivity contribution >= 4 is 11.8 Å². The zero-order valence-corrected chi connectivity index (χ0v) is 14.6. The number of amides is 2. The summed E-state index contributed by atoms with van der Waals surface area (Å²) in [4.78, 5) is 28.7. The highest BCUT2D eigenvalue weighted by molar-refractivity contribution is 5.95. The minimum atomic E-state index is -0.00531. The number of aryl methyl sites for hydroxylation is 2. The summed E-state index contributed by atoms with van der Waals surface area (Å²) in [6.07, 6.45) is 3.77. The number of carbonyl (C=O) groups is 2. The minimum absolute atomic E-state index is 0.00531. The maximum Gasteiger partial charge on any atom is 0.257 e. The smallest absolute Gasteiger partial charge is 0.257 e. The molecule has 6 heteroatoms. The molecule has 0 aromatic carbocycles. The van der Waals surface area contributed by atoms with Gasteiger partial charge < -0.3 is 20.0 Å². The highest BCUT2D eigenvalue weighted by Gasteiger charge is 2.30. The number of hydrogen-bond acceptors (Lipinski definition) is 4. The van der Waals surface area contributed by atoms with Gasteiger partial charge in [-0.25, -0.2) is 0 Å². The molecule has 2 heterocycles. The van der Waals surface area contributed by atoms with Gasteiger partial charge >= 0.3 is 0 Å². The maximum atomic E-state index is 12.6. The van der Waals surface area contributed by atoms with Crippen molar-refractivity contribution in [1.82, 2.24) is 9.80 Å². The monoisotopic (exact) mass is 333 g/mol. The fraction of sp³-hybridized carbons (Fsp3) is 0.667. The van der Waals surface area contributed by atoms with E-state index >= 15 is 0 Å². The van der Waals surface area contributed by atoms with Gasteiger partial charge in [-0.1, -0.05) is 6.42 Å². The minimum Gasteiger partial charge on any atom is -0.466 e. The lowest BCUT2D eigenvalue weighted by molar-refractivity contribution is -0.133. The Morgan fingerprint density at radius 2 is 1.83 bits per heavy atom. The molecule has 24 heavy (non-hydrogen) atoms. The molecule has 2 N–H and O–H groups in total. The van der Waals surface area contributed by atoms with Crippen LogP contribution in [0.3, 0.4) is 0 Å². The Hall–Kier alpha value is -1.82. The van der Waals surface area contributed by atoms with Crippen LogP contribution >= 0.6 is 0 Å². The highest BCUT2D eigenvalue weighted by atomic mass is 16.3. The predicted octanol–water partition coefficient (Wildman–Crippen LogP) is 1.70. The molecule has 0 spiro atoms. The van der Waals surface area contributed by atoms with Gasteiger partial charge in [0, 0.05) is 38.6 Å². The lowest BCUT2D eigenvalue weighted by Gasteiger charge is -2.35. The third-order valence-corrected chi connectivity index (χ3v) is 5.35. The van der Waals surface area contributed by atoms with Crippen molar-refractivity contribution in [2.45, 2.75) is 45.6 Å². The predicted molar refractivity (Wildman–Crippen MR) is 90.6 cm³/mol. The Kier molecular flexibility index (Phi) is 4.94. The van der Waals surface area contributed by atoms with Gasteiger partial charge in [-0.3, -0.25) is 9.59 Å². The summed E-state index contributed by atoms with van der Waals surface area (Å²) in [5.41, 5.74) is 6.70. The third kappa shape index (κ3) is 3.48. The van der Waals surface area contributed by atoms with E-state index in [9.17, 15) is 9.59 Å². The SMILES string of the molecule is Cc1cc(C(=O)N2CCN(C(=O)C[C@@H]3CCC[C@H]3N)CC2)c(C)o1. The molecule has 2 fully saturated rings. The first-order valence-corrected chi connectivity index (χ1v) is 8.85. The van der Waals surface area contributed by atoms with Crippen molar-refractivity contribution < 1.29 is 14.0 Å². The number of rotatable bonds is 3. The Morgan fingerprint density at radius 1 is 1.17 bits per heavy atom. The van der Waals surface area contributed by atoms with Crippen molar-refractivity contribution in [1.29, 1.82) is 0 Å². The molecular formula is C18H27N3O3. The molecule has 1 aromatic heterocycles. The molecule has 2 amide bonds. The summed E-state index contributed by atoms with van der Waals surface area (Å²) >= 11 is 0. The quantitative estimate of drug-likeness (QED) is 0.913. The Morgan fingerprint density at radius 3 is 2.38 bits per heavy atom. The molecule has 2 aliphatic rings. The van der Waals surface area contributed by atoms with E-state index in [1.807, 2.05) is 23.6 Å². The van der Waals surface area contributed by atoms with Crippen LogP contribution in [0.1, 0.15) is 47.6 Å². The molecule has 1 aliphatic heterocycles. The van der Waals surface area contributed by atoms with E-state index in [4.69, 9.17) is 10.2 Å². The van der Waals surface area contributed by atoms with E-state index in [1.165, 1.54) is 0 Å². The Balaban J connectivity index is 1.52. The number of carbonyl (C=O) groups excluding carboxylic acids is 2. The van der Waals surface area contributed by atoms with E-state index < -0.39 is 0 Å². The first kappa shape index (κ1) is 17.0. The van der Waals surface area contributed by atoms with Crippen molar-refractivity contribution in [3.63, 3.8) is 0 Å². The molecule has 1 aromatic rings. The van der Waals surface area contributed by atoms with Crippen LogP contribution in [0.2, 0.25) is 0 Å². The molecule has 0 bridgehead atoms. The maximum absolute atomic E-state index is 12.6. The summed E-state index contributed by atoms with van der Waals surface area (Å²) < 4.78 is 5.45. The standard InChI is InChI=1S/C18H27N3O3/c1-12-10-15(13(2)24-12)18(23)21-8-6-20(7-9-21)17(22)11-14-4-3-5-16(14)19/h10,14,16H,3-9,11,19H2,1-2H3/t14-,16+/m0/s1. The fourth-order valence-corrected chi connectivity index (χ4v) is 3.84. The van der Waals surface area contributed by atoms with Crippen LogP contribution in [0, 0.1) is 19.8 Å². The third-order valence-electron chi connectivity index (χ3n) is 5.35. The van der Waals surface area contributed by atoms with Crippen LogP contribution in [-0.4, -0.2) is 53.8 Å². The molecular weight excluding hydrogens is 306 g/mol. The van der Waals surface area contributed by atoms with Crippen LogP contribution in [0.5, 0.6) is 0 Å². The number of piperazine rings is 1. The summed E-state index contributed by atoms with van der Waals surface area (Å²) in [5.74, 6) is 1.91. The van der Waals surface area contributed by atoms with E-state index in [1.54, 1.807) is 6.07 Å². The average Bonchev–Trinajstić information content (AvgIpc) is 3.12. The van der Waals surface area contributed by atoms with Crippen LogP contribution in [0.25, 0.3) is 0 Å². The zero-order chi connectivity index (χ0) is 17.3. The van der Waals surface area contributed by atoms with Crippen LogP contribution in [-0.2, 0) is 4.79 Å². The first-order valence-electron chi connectivity index (χ1n) is 8.85. The van der Waals surface area contributed by atoms with E-state index in [0.29, 0.717) is 49.8 Å². The van der Waals surface area contributed by atoms with Gasteiger partial charge in [0.25, 0.3) is 5.91 Å². The molecule has 1 saturated heterocycles. The molecule has 1 aliphatic carbocycles. The molecule has 1 saturated carbocycles. The summed E-state index contributed by atoms with van der Waals surface area (Å²) in [7, 11) is 0. The zero-order valence-electron chi connectivity index (χ0n) is 14.6. The van der Waals surface area contributed by atoms with Gasteiger partial charge in [-0.2, -0.15) is 0 Å². The second-order valence-electron chi connectivity index (χ2n) is 7.06. The number of furan rings is 1. The number of nitrogens with zero attached hydrogens (tertiary/aromatic N) is 2. The van der Waals surface area contributed by atoms with Crippen molar-refractivity contribution in [2.24, 2.45) is 11.7 Å². The fourth-order valence-electron chi connectivity index (χ4n) is 3.84. The van der Waals surface area contributed by atoms with Gasteiger partial charge in [0.05, 0.1) is 5.56 Å². The molecule has 132 valence electrons. The Labute approximate surface area is 143 Å². The lowest BCUT2D eigenvalue weighted by Crippen LogP contribution is -2.51. The van der Waals surface area contributed by atoms with Crippen LogP contribution in [0.15, 0.2) is 10.5 Å².